The van der Waals surface area contributed by atoms with Gasteiger partial charge in [0.15, 0.2) is 11.5 Å². The topological polar surface area (TPSA) is 33.7 Å². The van der Waals surface area contributed by atoms with Crippen LogP contribution in [-0.2, 0) is 6.54 Å². The normalized spacial score (nSPS) is 11.2. The number of hydrogen-bond donors (Lipinski definition) is 1. The molecule has 0 saturated carbocycles. The summed E-state index contributed by atoms with van der Waals surface area (Å²) in [5, 5.41) is 3.41. The lowest BCUT2D eigenvalue weighted by molar-refractivity contribution is 0.228. The lowest BCUT2D eigenvalue weighted by Crippen LogP contribution is -2.26. The first-order chi connectivity index (χ1) is 9.43. The largest absolute Gasteiger partial charge is 0.493 e. The lowest BCUT2D eigenvalue weighted by atomic mass is 10.2. The van der Waals surface area contributed by atoms with Crippen molar-refractivity contribution in [2.24, 2.45) is 0 Å². The van der Waals surface area contributed by atoms with E-state index in [1.807, 2.05) is 19.9 Å². The summed E-state index contributed by atoms with van der Waals surface area (Å²) in [6, 6.07) is 4.09. The van der Waals surface area contributed by atoms with Crippen molar-refractivity contribution >= 4 is 15.9 Å². The highest BCUT2D eigenvalue weighted by atomic mass is 79.9. The highest BCUT2D eigenvalue weighted by molar-refractivity contribution is 9.10. The van der Waals surface area contributed by atoms with Crippen molar-refractivity contribution in [3.05, 3.63) is 22.2 Å². The van der Waals surface area contributed by atoms with Crippen LogP contribution < -0.4 is 14.8 Å². The average Bonchev–Trinajstić information content (AvgIpc) is 2.36. The van der Waals surface area contributed by atoms with Crippen molar-refractivity contribution in [2.75, 3.05) is 34.3 Å². The molecule has 0 fully saturated rings. The van der Waals surface area contributed by atoms with E-state index in [2.05, 4.69) is 46.3 Å². The summed E-state index contributed by atoms with van der Waals surface area (Å²) in [5.74, 6) is 1.53. The minimum Gasteiger partial charge on any atom is -0.493 e. The molecule has 1 aromatic rings. The Kier molecular flexibility index (Phi) is 7.34. The number of rotatable bonds is 8. The Bertz CT molecular complexity index is 423. The van der Waals surface area contributed by atoms with E-state index in [1.54, 1.807) is 7.11 Å². The highest BCUT2D eigenvalue weighted by Crippen LogP contribution is 2.37. The third-order valence-corrected chi connectivity index (χ3v) is 3.30. The lowest BCUT2D eigenvalue weighted by Gasteiger charge is -2.17. The second-order valence-electron chi connectivity index (χ2n) is 5.26. The predicted octanol–water partition coefficient (Wildman–Crippen LogP) is 2.90. The van der Waals surface area contributed by atoms with Crippen LogP contribution in [0.3, 0.4) is 0 Å². The number of nitrogens with one attached hydrogen (secondary N) is 1. The summed E-state index contributed by atoms with van der Waals surface area (Å²) in [6.07, 6.45) is 0.115. The maximum atomic E-state index is 5.78. The summed E-state index contributed by atoms with van der Waals surface area (Å²) in [5.41, 5.74) is 1.17. The molecule has 114 valence electrons. The third-order valence-electron chi connectivity index (χ3n) is 2.71. The molecule has 1 rings (SSSR count). The Balaban J connectivity index is 2.72. The molecular formula is C15H25BrN2O2. The summed E-state index contributed by atoms with van der Waals surface area (Å²) in [6.45, 7) is 6.79. The van der Waals surface area contributed by atoms with Crippen LogP contribution >= 0.6 is 15.9 Å². The molecule has 0 unspecified atom stereocenters. The maximum Gasteiger partial charge on any atom is 0.175 e. The molecular weight excluding hydrogens is 320 g/mol. The van der Waals surface area contributed by atoms with Crippen molar-refractivity contribution in [3.63, 3.8) is 0 Å². The van der Waals surface area contributed by atoms with Gasteiger partial charge in [-0.25, -0.2) is 0 Å². The van der Waals surface area contributed by atoms with Gasteiger partial charge in [0.2, 0.25) is 0 Å². The van der Waals surface area contributed by atoms with Gasteiger partial charge in [-0.05, 0) is 61.6 Å². The quantitative estimate of drug-likeness (QED) is 0.735. The molecule has 20 heavy (non-hydrogen) atoms. The van der Waals surface area contributed by atoms with E-state index in [0.717, 1.165) is 35.6 Å². The van der Waals surface area contributed by atoms with Crippen molar-refractivity contribution in [1.29, 1.82) is 0 Å². The molecule has 0 amide bonds. The summed E-state index contributed by atoms with van der Waals surface area (Å²) >= 11 is 3.56. The Morgan fingerprint density at radius 2 is 2.00 bits per heavy atom. The number of benzene rings is 1. The highest BCUT2D eigenvalue weighted by Gasteiger charge is 2.12. The molecule has 0 heterocycles. The zero-order valence-corrected chi connectivity index (χ0v) is 14.6. The third kappa shape index (κ3) is 5.69. The first kappa shape index (κ1) is 17.3. The number of nitrogens with zero attached hydrogens (tertiary/aromatic N) is 1. The van der Waals surface area contributed by atoms with Gasteiger partial charge in [-0.3, -0.25) is 0 Å². The van der Waals surface area contributed by atoms with Crippen molar-refractivity contribution < 1.29 is 9.47 Å². The van der Waals surface area contributed by atoms with E-state index in [0.29, 0.717) is 0 Å². The Morgan fingerprint density at radius 1 is 1.30 bits per heavy atom. The molecule has 5 heteroatoms. The van der Waals surface area contributed by atoms with Gasteiger partial charge in [-0.1, -0.05) is 0 Å². The summed E-state index contributed by atoms with van der Waals surface area (Å²) in [7, 11) is 5.80. The molecule has 0 atom stereocenters. The first-order valence-electron chi connectivity index (χ1n) is 6.82. The van der Waals surface area contributed by atoms with Crippen molar-refractivity contribution in [3.8, 4) is 11.5 Å². The van der Waals surface area contributed by atoms with Crippen LogP contribution in [-0.4, -0.2) is 45.3 Å². The van der Waals surface area contributed by atoms with E-state index in [-0.39, 0.29) is 6.10 Å². The van der Waals surface area contributed by atoms with Crippen LogP contribution in [0.4, 0.5) is 0 Å². The monoisotopic (exact) mass is 344 g/mol. The van der Waals surface area contributed by atoms with Crippen molar-refractivity contribution in [1.82, 2.24) is 10.2 Å². The molecule has 0 radical (unpaired) electrons. The fourth-order valence-electron chi connectivity index (χ4n) is 1.76. The standard InChI is InChI=1S/C15H25BrN2O2/c1-11(2)20-15-13(16)8-12(9-14(15)19-5)10-17-6-7-18(3)4/h8-9,11,17H,6-7,10H2,1-5H3. The van der Waals surface area contributed by atoms with E-state index >= 15 is 0 Å². The smallest absolute Gasteiger partial charge is 0.175 e. The van der Waals surface area contributed by atoms with Crippen LogP contribution in [0.25, 0.3) is 0 Å². The Labute approximate surface area is 130 Å². The van der Waals surface area contributed by atoms with Crippen molar-refractivity contribution in [2.45, 2.75) is 26.5 Å². The zero-order valence-electron chi connectivity index (χ0n) is 13.0. The number of halogens is 1. The van der Waals surface area contributed by atoms with Gasteiger partial charge in [0.05, 0.1) is 17.7 Å². The molecule has 0 aliphatic heterocycles. The number of methoxy groups -OCH3 is 1. The Hall–Kier alpha value is -0.780. The number of hydrogen-bond acceptors (Lipinski definition) is 4. The van der Waals surface area contributed by atoms with Crippen LogP contribution in [0.1, 0.15) is 19.4 Å². The average molecular weight is 345 g/mol. The Morgan fingerprint density at radius 3 is 2.55 bits per heavy atom. The molecule has 0 saturated heterocycles. The molecule has 4 nitrogen and oxygen atoms in total. The second-order valence-corrected chi connectivity index (χ2v) is 6.11. The predicted molar refractivity (Wildman–Crippen MR) is 86.7 cm³/mol. The molecule has 0 spiro atoms. The SMILES string of the molecule is COc1cc(CNCCN(C)C)cc(Br)c1OC(C)C. The van der Waals surface area contributed by atoms with Crippen LogP contribution in [0, 0.1) is 0 Å². The van der Waals surface area contributed by atoms with E-state index in [9.17, 15) is 0 Å². The molecule has 0 bridgehead atoms. The van der Waals surface area contributed by atoms with Crippen LogP contribution in [0.15, 0.2) is 16.6 Å². The molecule has 0 aliphatic rings. The first-order valence-corrected chi connectivity index (χ1v) is 7.61. The number of ether oxygens (including phenoxy) is 2. The fraction of sp³-hybridized carbons (Fsp3) is 0.600. The van der Waals surface area contributed by atoms with Gasteiger partial charge in [0, 0.05) is 19.6 Å². The van der Waals surface area contributed by atoms with Gasteiger partial charge >= 0.3 is 0 Å². The minimum atomic E-state index is 0.115. The van der Waals surface area contributed by atoms with E-state index in [1.165, 1.54) is 5.56 Å². The molecule has 0 aromatic heterocycles. The van der Waals surface area contributed by atoms with Gasteiger partial charge in [-0.2, -0.15) is 0 Å². The van der Waals surface area contributed by atoms with Gasteiger partial charge < -0.3 is 19.7 Å². The molecule has 0 aliphatic carbocycles. The summed E-state index contributed by atoms with van der Waals surface area (Å²) < 4.78 is 12.1. The number of likely N-dealkylation sites (N-methyl/N-ethyl adjacent to an activating group) is 1. The minimum absolute atomic E-state index is 0.115. The molecule has 1 N–H and O–H groups in total. The van der Waals surface area contributed by atoms with E-state index in [4.69, 9.17) is 9.47 Å². The zero-order chi connectivity index (χ0) is 15.1. The van der Waals surface area contributed by atoms with Gasteiger partial charge in [0.25, 0.3) is 0 Å². The molecule has 1 aromatic carbocycles. The maximum absolute atomic E-state index is 5.78. The van der Waals surface area contributed by atoms with Gasteiger partial charge in [-0.15, -0.1) is 0 Å². The van der Waals surface area contributed by atoms with Gasteiger partial charge in [0.1, 0.15) is 0 Å². The second kappa shape index (κ2) is 8.49. The van der Waals surface area contributed by atoms with Crippen LogP contribution in [0.5, 0.6) is 11.5 Å². The van der Waals surface area contributed by atoms with E-state index < -0.39 is 0 Å². The summed E-state index contributed by atoms with van der Waals surface area (Å²) in [4.78, 5) is 2.16. The van der Waals surface area contributed by atoms with Crippen LogP contribution in [0.2, 0.25) is 0 Å². The fourth-order valence-corrected chi connectivity index (χ4v) is 2.34.